The van der Waals surface area contributed by atoms with Gasteiger partial charge in [-0.05, 0) is 216 Å². The summed E-state index contributed by atoms with van der Waals surface area (Å²) < 4.78 is 18.7. The van der Waals surface area contributed by atoms with Crippen LogP contribution in [0, 0.1) is 52.3 Å². The Morgan fingerprint density at radius 3 is 1.19 bits per heavy atom. The number of fused-ring (bicyclic) bond motifs is 2. The Kier molecular flexibility index (Phi) is 29.2. The molecular weight excluding hydrogens is 1060 g/mol. The Balaban J connectivity index is 0.00000490. The average molecular weight is 1180 g/mol. The van der Waals surface area contributed by atoms with E-state index in [-0.39, 0.29) is 12.0 Å². The van der Waals surface area contributed by atoms with Gasteiger partial charge in [-0.3, -0.25) is 4.79 Å². The molecule has 2 aromatic rings. The lowest BCUT2D eigenvalue weighted by molar-refractivity contribution is -0.153. The Morgan fingerprint density at radius 2 is 0.807 bits per heavy atom. The number of unbranched alkanes of at least 4 members (excludes halogenated alkanes) is 17. The first-order valence-electron chi connectivity index (χ1n) is 34.8. The van der Waals surface area contributed by atoms with Gasteiger partial charge in [-0.2, -0.15) is 0 Å². The quantitative estimate of drug-likeness (QED) is 0.0495. The van der Waals surface area contributed by atoms with Gasteiger partial charge in [0.2, 0.25) is 0 Å². The van der Waals surface area contributed by atoms with Gasteiger partial charge in [-0.25, -0.2) is 0 Å². The van der Waals surface area contributed by atoms with Gasteiger partial charge in [0.25, 0.3) is 0 Å². The highest BCUT2D eigenvalue weighted by molar-refractivity contribution is 7.12. The lowest BCUT2D eigenvalue weighted by Gasteiger charge is -2.65. The fraction of sp³-hybridized carbons (Fsp3) is 0.763. The van der Waals surface area contributed by atoms with Crippen molar-refractivity contribution in [1.29, 1.82) is 0 Å². The standard InChI is InChI=1S/C75H118O4S2.CH2O/c1-9-55(10-2)63-54-64(63)69(76)32-28-24-20-16-15-19-23-27-31-51-79-62-41-35-57(36-42-62)71-46-48-73(81-71)59-38-44-66-68(53-59)75(7,8)65-43-37-58(52-67(65)74(66,5)6)72-47-45-70(80-72)56-33-39-61(40-34-56)78-50-30-26-22-18-14-13-17-21-25-29-49-77-60(11-3)12-4;1-2/h9-12,45-48,55-68H,1-4,13-44,49-54H2,5-8H3;1H2. The molecular formula is C76H120O5S2. The molecule has 0 aromatic carbocycles. The summed E-state index contributed by atoms with van der Waals surface area (Å²) in [6, 6.07) is 10.3. The van der Waals surface area contributed by atoms with Gasteiger partial charge in [-0.1, -0.05) is 148 Å². The molecule has 2 aromatic heterocycles. The molecule has 2 heterocycles. The summed E-state index contributed by atoms with van der Waals surface area (Å²) in [6.45, 7) is 31.0. The molecule has 0 radical (unpaired) electrons. The van der Waals surface area contributed by atoms with E-state index in [4.69, 9.17) is 19.0 Å². The highest BCUT2D eigenvalue weighted by Crippen LogP contribution is 2.68. The molecule has 0 bridgehead atoms. The van der Waals surface area contributed by atoms with E-state index in [2.05, 4.69) is 101 Å². The summed E-state index contributed by atoms with van der Waals surface area (Å²) in [5.41, 5.74) is 0.805. The molecule has 6 aliphatic rings. The number of rotatable bonds is 38. The van der Waals surface area contributed by atoms with E-state index in [1.807, 2.05) is 31.1 Å². The van der Waals surface area contributed by atoms with E-state index in [0.717, 1.165) is 92.8 Å². The molecule has 7 heteroatoms. The number of Topliss-reactive ketones (excluding diaryl/α,β-unsaturated/α-hetero) is 1. The Hall–Kier alpha value is -2.42. The van der Waals surface area contributed by atoms with Crippen LogP contribution >= 0.6 is 22.7 Å². The van der Waals surface area contributed by atoms with Crippen LogP contribution in [0.25, 0.3) is 0 Å². The molecule has 8 unspecified atom stereocenters. The van der Waals surface area contributed by atoms with Crippen molar-refractivity contribution in [2.75, 3.05) is 19.8 Å². The van der Waals surface area contributed by atoms with Crippen molar-refractivity contribution in [2.45, 2.75) is 294 Å². The van der Waals surface area contributed by atoms with Crippen LogP contribution in [0.1, 0.15) is 296 Å². The third kappa shape index (κ3) is 19.8. The first kappa shape index (κ1) is 68.1. The van der Waals surface area contributed by atoms with Gasteiger partial charge in [-0.15, -0.1) is 49.0 Å². The normalized spacial score (nSPS) is 29.0. The Morgan fingerprint density at radius 1 is 0.458 bits per heavy atom. The molecule has 8 rings (SSSR count). The highest BCUT2D eigenvalue weighted by atomic mass is 32.1. The van der Waals surface area contributed by atoms with Gasteiger partial charge < -0.3 is 19.0 Å². The van der Waals surface area contributed by atoms with Crippen molar-refractivity contribution in [3.63, 3.8) is 0 Å². The molecule has 0 spiro atoms. The number of hydrogen-bond acceptors (Lipinski definition) is 7. The van der Waals surface area contributed by atoms with Crippen LogP contribution < -0.4 is 0 Å². The summed E-state index contributed by atoms with van der Waals surface area (Å²) in [5, 5.41) is 0. The maximum Gasteiger partial charge on any atom is 0.136 e. The monoisotopic (exact) mass is 1180 g/mol. The second-order valence-electron chi connectivity index (χ2n) is 28.6. The van der Waals surface area contributed by atoms with Gasteiger partial charge in [0, 0.05) is 51.7 Å². The zero-order chi connectivity index (χ0) is 59.0. The molecule has 8 atom stereocenters. The second-order valence-corrected chi connectivity index (χ2v) is 30.8. The molecule has 6 aliphatic carbocycles. The van der Waals surface area contributed by atoms with Gasteiger partial charge in [0.1, 0.15) is 12.6 Å². The number of ether oxygens (including phenoxy) is 3. The lowest BCUT2D eigenvalue weighted by Crippen LogP contribution is -2.58. The van der Waals surface area contributed by atoms with Crippen molar-refractivity contribution in [2.24, 2.45) is 52.3 Å². The minimum absolute atomic E-state index is 0.00220. The van der Waals surface area contributed by atoms with E-state index < -0.39 is 0 Å². The zero-order valence-electron chi connectivity index (χ0n) is 53.5. The maximum atomic E-state index is 12.6. The summed E-state index contributed by atoms with van der Waals surface area (Å²) in [7, 11) is 0. The molecule has 5 nitrogen and oxygen atoms in total. The molecule has 0 saturated heterocycles. The Labute approximate surface area is 516 Å². The molecule has 6 saturated carbocycles. The number of carbonyl (C=O) groups is 2. The van der Waals surface area contributed by atoms with Crippen LogP contribution in [-0.4, -0.2) is 50.7 Å². The molecule has 83 heavy (non-hydrogen) atoms. The minimum Gasteiger partial charge on any atom is -0.378 e. The molecule has 0 aliphatic heterocycles. The van der Waals surface area contributed by atoms with Crippen LogP contribution in [0.5, 0.6) is 0 Å². The van der Waals surface area contributed by atoms with E-state index in [0.29, 0.717) is 40.7 Å². The Bertz CT molecular complexity index is 2170. The third-order valence-electron chi connectivity index (χ3n) is 22.7. The molecule has 0 N–H and O–H groups in total. The van der Waals surface area contributed by atoms with E-state index in [1.165, 1.54) is 199 Å². The van der Waals surface area contributed by atoms with Crippen LogP contribution in [0.2, 0.25) is 0 Å². The molecule has 0 amide bonds. The lowest BCUT2D eigenvalue weighted by atomic mass is 9.40. The minimum atomic E-state index is 0.00220. The van der Waals surface area contributed by atoms with Crippen LogP contribution in [0.15, 0.2) is 74.9 Å². The van der Waals surface area contributed by atoms with Crippen molar-refractivity contribution in [3.8, 4) is 0 Å². The fourth-order valence-electron chi connectivity index (χ4n) is 17.3. The number of ketones is 1. The zero-order valence-corrected chi connectivity index (χ0v) is 55.1. The first-order valence-corrected chi connectivity index (χ1v) is 36.4. The maximum absolute atomic E-state index is 12.6. The number of hydrogen-bond donors (Lipinski definition) is 0. The van der Waals surface area contributed by atoms with Crippen molar-refractivity contribution in [3.05, 3.63) is 94.4 Å². The van der Waals surface area contributed by atoms with Crippen molar-refractivity contribution in [1.82, 2.24) is 0 Å². The third-order valence-corrected chi connectivity index (χ3v) is 25.5. The fourth-order valence-corrected chi connectivity index (χ4v) is 20.0. The van der Waals surface area contributed by atoms with Gasteiger partial charge in [0.15, 0.2) is 0 Å². The summed E-state index contributed by atoms with van der Waals surface area (Å²) >= 11 is 4.41. The molecule has 6 fully saturated rings. The summed E-state index contributed by atoms with van der Waals surface area (Å²) in [6.07, 6.45) is 53.3. The topological polar surface area (TPSA) is 61.8 Å². The van der Waals surface area contributed by atoms with Crippen molar-refractivity contribution >= 4 is 35.2 Å². The van der Waals surface area contributed by atoms with Crippen molar-refractivity contribution < 1.29 is 23.8 Å². The summed E-state index contributed by atoms with van der Waals surface area (Å²) in [5.74, 6) is 7.83. The van der Waals surface area contributed by atoms with Gasteiger partial charge >= 0.3 is 0 Å². The average Bonchev–Trinajstić information content (AvgIpc) is 2.53. The van der Waals surface area contributed by atoms with E-state index >= 15 is 0 Å². The van der Waals surface area contributed by atoms with Crippen LogP contribution in [-0.2, 0) is 23.8 Å². The predicted molar refractivity (Wildman–Crippen MR) is 355 cm³/mol. The summed E-state index contributed by atoms with van der Waals surface area (Å²) in [4.78, 5) is 27.3. The SMILES string of the molecule is C=CC(C=C)OCCCCCCCCCCCCOC1CCC(c2ccc(C3CCC4C(C3)C(C)(C)C3CCC(c5ccc(C6CCC(OCCCCCCCCCCCC(=O)C7CC7C(C=C)C=C)CC6)s5)CC3C4(C)C)s2)CC1.C=O. The number of allylic oxidation sites excluding steroid dienone is 2. The second kappa shape index (κ2) is 35.5. The molecule has 466 valence electrons. The largest absolute Gasteiger partial charge is 0.378 e. The van der Waals surface area contributed by atoms with Crippen LogP contribution in [0.3, 0.4) is 0 Å². The highest BCUT2D eigenvalue weighted by Gasteiger charge is 2.60. The van der Waals surface area contributed by atoms with E-state index in [1.54, 1.807) is 19.5 Å². The number of carbonyl (C=O) groups excluding carboxylic acids is 2. The van der Waals surface area contributed by atoms with E-state index in [9.17, 15) is 4.79 Å². The first-order chi connectivity index (χ1) is 40.4. The van der Waals surface area contributed by atoms with Crippen LogP contribution in [0.4, 0.5) is 0 Å². The predicted octanol–water partition coefficient (Wildman–Crippen LogP) is 22.2. The smallest absolute Gasteiger partial charge is 0.136 e. The number of thiophene rings is 2. The van der Waals surface area contributed by atoms with Gasteiger partial charge in [0.05, 0.1) is 18.3 Å².